The predicted octanol–water partition coefficient (Wildman–Crippen LogP) is 0.225. The normalized spacial score (nSPS) is 29.8. The molecule has 7 nitrogen and oxygen atoms in total. The largest absolute Gasteiger partial charge is 0.466 e. The van der Waals surface area contributed by atoms with E-state index in [-0.39, 0.29) is 12.2 Å². The molecule has 0 N–H and O–H groups in total. The van der Waals surface area contributed by atoms with Crippen LogP contribution in [0.1, 0.15) is 13.3 Å². The quantitative estimate of drug-likeness (QED) is 0.542. The molecular weight excluding hydrogens is 280 g/mol. The Bertz CT molecular complexity index is 503. The molecule has 0 aliphatic heterocycles. The number of rotatable bonds is 4. The average molecular weight is 298 g/mol. The fourth-order valence-electron chi connectivity index (χ4n) is 3.16. The van der Waals surface area contributed by atoms with Crippen LogP contribution in [-0.2, 0) is 33.3 Å². The van der Waals surface area contributed by atoms with Crippen LogP contribution in [0.4, 0.5) is 0 Å². The van der Waals surface area contributed by atoms with Gasteiger partial charge >= 0.3 is 11.9 Å². The Hall–Kier alpha value is -1.73. The first-order valence-electron chi connectivity index (χ1n) is 6.53. The number of Topliss-reactive ketones (excluding diaryl/α,β-unsaturated/α-hetero) is 1. The number of esters is 2. The molecule has 7 heteroatoms. The summed E-state index contributed by atoms with van der Waals surface area (Å²) in [6.07, 6.45) is 1.14. The number of carbonyl (C=O) groups is 3. The lowest BCUT2D eigenvalue weighted by Gasteiger charge is -2.49. The highest BCUT2D eigenvalue weighted by atomic mass is 16.7. The number of carbonyl (C=O) groups excluding carboxylic acids is 3. The molecule has 0 spiro atoms. The molecule has 1 saturated carbocycles. The number of ketones is 1. The molecule has 0 unspecified atom stereocenters. The average Bonchev–Trinajstić information content (AvgIpc) is 2.47. The highest BCUT2D eigenvalue weighted by Crippen LogP contribution is 2.48. The van der Waals surface area contributed by atoms with Gasteiger partial charge in [-0.05, 0) is 6.42 Å². The van der Waals surface area contributed by atoms with Gasteiger partial charge in [0.05, 0.1) is 18.9 Å². The minimum absolute atomic E-state index is 0.263. The van der Waals surface area contributed by atoms with Crippen LogP contribution in [0, 0.1) is 11.8 Å². The van der Waals surface area contributed by atoms with Crippen molar-refractivity contribution in [2.24, 2.45) is 11.8 Å². The summed E-state index contributed by atoms with van der Waals surface area (Å²) in [6, 6.07) is 0. The first-order valence-corrected chi connectivity index (χ1v) is 6.53. The smallest absolute Gasteiger partial charge is 0.333 e. The first-order chi connectivity index (χ1) is 9.91. The van der Waals surface area contributed by atoms with Crippen molar-refractivity contribution in [1.82, 2.24) is 0 Å². The summed E-state index contributed by atoms with van der Waals surface area (Å²) >= 11 is 0. The molecule has 21 heavy (non-hydrogen) atoms. The second kappa shape index (κ2) is 5.57. The van der Waals surface area contributed by atoms with Crippen LogP contribution in [-0.4, -0.2) is 50.9 Å². The minimum Gasteiger partial charge on any atom is -0.466 e. The molecule has 0 heterocycles. The van der Waals surface area contributed by atoms with Gasteiger partial charge in [0.2, 0.25) is 11.6 Å². The number of methoxy groups -OCH3 is 3. The van der Waals surface area contributed by atoms with E-state index in [0.29, 0.717) is 5.57 Å². The van der Waals surface area contributed by atoms with E-state index in [9.17, 15) is 14.4 Å². The van der Waals surface area contributed by atoms with Gasteiger partial charge < -0.3 is 18.9 Å². The highest BCUT2D eigenvalue weighted by molar-refractivity contribution is 6.00. The molecule has 3 aliphatic carbocycles. The molecule has 0 aromatic heterocycles. The minimum atomic E-state index is -1.54. The zero-order valence-electron chi connectivity index (χ0n) is 12.4. The van der Waals surface area contributed by atoms with Crippen LogP contribution in [0.2, 0.25) is 0 Å². The lowest BCUT2D eigenvalue weighted by Crippen LogP contribution is -2.63. The van der Waals surface area contributed by atoms with Crippen molar-refractivity contribution < 1.29 is 33.3 Å². The van der Waals surface area contributed by atoms with Crippen LogP contribution in [0.5, 0.6) is 0 Å². The summed E-state index contributed by atoms with van der Waals surface area (Å²) in [4.78, 5) is 35.6. The van der Waals surface area contributed by atoms with Crippen LogP contribution < -0.4 is 0 Å². The highest BCUT2D eigenvalue weighted by Gasteiger charge is 2.62. The van der Waals surface area contributed by atoms with Crippen molar-refractivity contribution in [2.45, 2.75) is 25.2 Å². The van der Waals surface area contributed by atoms with E-state index in [0.717, 1.165) is 0 Å². The SMILES string of the molecule is COC(=O)C1=C[C@H]2C(=O)C(OC)(OC)[C@@H]1C[C@H]2OC(C)=O. The number of ether oxygens (including phenoxy) is 4. The third-order valence-electron chi connectivity index (χ3n) is 4.05. The summed E-state index contributed by atoms with van der Waals surface area (Å²) in [5.74, 6) is -4.39. The van der Waals surface area contributed by atoms with Gasteiger partial charge in [-0.15, -0.1) is 0 Å². The Morgan fingerprint density at radius 2 is 1.86 bits per heavy atom. The maximum atomic E-state index is 12.6. The van der Waals surface area contributed by atoms with Crippen LogP contribution >= 0.6 is 0 Å². The Morgan fingerprint density at radius 3 is 2.33 bits per heavy atom. The van der Waals surface area contributed by atoms with Crippen LogP contribution in [0.25, 0.3) is 0 Å². The van der Waals surface area contributed by atoms with Crippen molar-refractivity contribution in [3.8, 4) is 0 Å². The zero-order chi connectivity index (χ0) is 15.8. The van der Waals surface area contributed by atoms with E-state index in [4.69, 9.17) is 18.9 Å². The van der Waals surface area contributed by atoms with E-state index in [1.54, 1.807) is 0 Å². The number of hydrogen-bond acceptors (Lipinski definition) is 7. The molecule has 3 aliphatic rings. The Labute approximate surface area is 122 Å². The predicted molar refractivity (Wildman–Crippen MR) is 69.0 cm³/mol. The molecule has 0 aromatic rings. The topological polar surface area (TPSA) is 88.1 Å². The zero-order valence-corrected chi connectivity index (χ0v) is 12.4. The monoisotopic (exact) mass is 298 g/mol. The fraction of sp³-hybridized carbons (Fsp3) is 0.643. The number of fused-ring (bicyclic) bond motifs is 2. The Balaban J connectivity index is 2.46. The summed E-state index contributed by atoms with van der Waals surface area (Å²) in [5.41, 5.74) is 0.314. The van der Waals surface area contributed by atoms with Gasteiger partial charge in [0.15, 0.2) is 0 Å². The van der Waals surface area contributed by atoms with Crippen LogP contribution in [0.15, 0.2) is 11.6 Å². The first kappa shape index (κ1) is 15.7. The fourth-order valence-corrected chi connectivity index (χ4v) is 3.16. The molecule has 2 bridgehead atoms. The van der Waals surface area contributed by atoms with Crippen molar-refractivity contribution in [3.63, 3.8) is 0 Å². The molecular formula is C14H18O7. The van der Waals surface area contributed by atoms with Gasteiger partial charge in [0.25, 0.3) is 0 Å². The van der Waals surface area contributed by atoms with Crippen LogP contribution in [0.3, 0.4) is 0 Å². The van der Waals surface area contributed by atoms with E-state index >= 15 is 0 Å². The third-order valence-corrected chi connectivity index (χ3v) is 4.05. The van der Waals surface area contributed by atoms with E-state index in [2.05, 4.69) is 0 Å². The van der Waals surface area contributed by atoms with E-state index in [1.807, 2.05) is 0 Å². The van der Waals surface area contributed by atoms with Gasteiger partial charge in [-0.2, -0.15) is 0 Å². The van der Waals surface area contributed by atoms with E-state index < -0.39 is 35.7 Å². The Morgan fingerprint density at radius 1 is 1.24 bits per heavy atom. The van der Waals surface area contributed by atoms with Gasteiger partial charge in [-0.3, -0.25) is 9.59 Å². The molecule has 0 amide bonds. The molecule has 116 valence electrons. The van der Waals surface area contributed by atoms with Gasteiger partial charge in [-0.25, -0.2) is 4.79 Å². The van der Waals surface area contributed by atoms with Crippen molar-refractivity contribution in [3.05, 3.63) is 11.6 Å². The second-order valence-electron chi connectivity index (χ2n) is 5.02. The maximum Gasteiger partial charge on any atom is 0.333 e. The summed E-state index contributed by atoms with van der Waals surface area (Å²) in [5, 5.41) is 0. The lowest BCUT2D eigenvalue weighted by atomic mass is 9.65. The summed E-state index contributed by atoms with van der Waals surface area (Å²) in [7, 11) is 3.95. The third kappa shape index (κ3) is 2.26. The summed E-state index contributed by atoms with van der Waals surface area (Å²) < 4.78 is 20.5. The molecule has 1 fully saturated rings. The molecule has 3 rings (SSSR count). The molecule has 0 aromatic carbocycles. The molecule has 0 saturated heterocycles. The van der Waals surface area contributed by atoms with Gasteiger partial charge in [0, 0.05) is 26.7 Å². The van der Waals surface area contributed by atoms with Crippen molar-refractivity contribution in [2.75, 3.05) is 21.3 Å². The maximum absolute atomic E-state index is 12.6. The lowest BCUT2D eigenvalue weighted by molar-refractivity contribution is -0.247. The van der Waals surface area contributed by atoms with Crippen molar-refractivity contribution in [1.29, 1.82) is 0 Å². The molecule has 0 radical (unpaired) electrons. The second-order valence-corrected chi connectivity index (χ2v) is 5.02. The Kier molecular flexibility index (Phi) is 4.15. The van der Waals surface area contributed by atoms with Gasteiger partial charge in [-0.1, -0.05) is 6.08 Å². The van der Waals surface area contributed by atoms with Crippen molar-refractivity contribution >= 4 is 17.7 Å². The van der Waals surface area contributed by atoms with E-state index in [1.165, 1.54) is 34.3 Å². The molecule has 3 atom stereocenters. The number of hydrogen-bond donors (Lipinski definition) is 0. The standard InChI is InChI=1S/C14H18O7/c1-7(15)21-11-6-10-8(13(17)18-2)5-9(11)12(16)14(10,19-3)20-4/h5,9-11H,6H2,1-4H3/t9-,10-,11-/m1/s1. The summed E-state index contributed by atoms with van der Waals surface area (Å²) in [6.45, 7) is 1.28. The van der Waals surface area contributed by atoms with Gasteiger partial charge in [0.1, 0.15) is 6.10 Å².